The third kappa shape index (κ3) is 2.41. The molecule has 0 saturated heterocycles. The van der Waals surface area contributed by atoms with E-state index in [9.17, 15) is 0 Å². The first-order valence-electron chi connectivity index (χ1n) is 6.37. The third-order valence-electron chi connectivity index (χ3n) is 3.48. The third-order valence-corrected chi connectivity index (χ3v) is 3.48. The summed E-state index contributed by atoms with van der Waals surface area (Å²) < 4.78 is 0. The Bertz CT molecular complexity index is 534. The van der Waals surface area contributed by atoms with Gasteiger partial charge in [0.15, 0.2) is 0 Å². The number of hydrogen-bond acceptors (Lipinski definition) is 3. The number of hydrogen-bond donors (Lipinski definition) is 0. The van der Waals surface area contributed by atoms with Gasteiger partial charge in [-0.15, -0.1) is 0 Å². The van der Waals surface area contributed by atoms with E-state index in [0.717, 1.165) is 26.1 Å². The van der Waals surface area contributed by atoms with E-state index in [2.05, 4.69) is 46.1 Å². The molecule has 0 atom stereocenters. The largest absolute Gasteiger partial charge is 0.293 e. The Morgan fingerprint density at radius 1 is 1.22 bits per heavy atom. The number of nitrogens with zero attached hydrogens (tertiary/aromatic N) is 3. The summed E-state index contributed by atoms with van der Waals surface area (Å²) in [5.41, 5.74) is 5.18. The number of fused-ring (bicyclic) bond motifs is 1. The molecule has 0 radical (unpaired) electrons. The van der Waals surface area contributed by atoms with Crippen molar-refractivity contribution < 1.29 is 0 Å². The predicted octanol–water partition coefficient (Wildman–Crippen LogP) is 2.34. The molecule has 0 aliphatic carbocycles. The first-order valence-corrected chi connectivity index (χ1v) is 6.37. The topological polar surface area (TPSA) is 29.0 Å². The Morgan fingerprint density at radius 2 is 2.06 bits per heavy atom. The lowest BCUT2D eigenvalue weighted by atomic mass is 10.1. The van der Waals surface area contributed by atoms with Crippen LogP contribution >= 0.6 is 0 Å². The van der Waals surface area contributed by atoms with Crippen molar-refractivity contribution in [1.82, 2.24) is 14.9 Å². The standard InChI is InChI=1S/C15H17N3/c1-12-2-4-13(5-3-12)9-18-7-6-14-8-16-11-17-15(14)10-18/h2-5,8,11H,6-7,9-10H2,1H3. The summed E-state index contributed by atoms with van der Waals surface area (Å²) >= 11 is 0. The minimum atomic E-state index is 0.936. The average Bonchev–Trinajstić information content (AvgIpc) is 2.41. The SMILES string of the molecule is Cc1ccc(CN2CCc3cncnc3C2)cc1. The van der Waals surface area contributed by atoms with Crippen LogP contribution in [0.5, 0.6) is 0 Å². The van der Waals surface area contributed by atoms with Crippen molar-refractivity contribution >= 4 is 0 Å². The first kappa shape index (κ1) is 11.4. The van der Waals surface area contributed by atoms with Gasteiger partial charge in [-0.1, -0.05) is 29.8 Å². The van der Waals surface area contributed by atoms with Crippen molar-refractivity contribution in [1.29, 1.82) is 0 Å². The molecule has 3 nitrogen and oxygen atoms in total. The van der Waals surface area contributed by atoms with Crippen molar-refractivity contribution in [2.75, 3.05) is 6.54 Å². The Morgan fingerprint density at radius 3 is 2.89 bits per heavy atom. The van der Waals surface area contributed by atoms with E-state index in [1.165, 1.54) is 22.4 Å². The molecule has 92 valence electrons. The molecule has 3 rings (SSSR count). The summed E-state index contributed by atoms with van der Waals surface area (Å²) in [4.78, 5) is 10.9. The van der Waals surface area contributed by atoms with Crippen LogP contribution in [0.15, 0.2) is 36.8 Å². The molecule has 2 aromatic rings. The van der Waals surface area contributed by atoms with Gasteiger partial charge in [-0.25, -0.2) is 9.97 Å². The molecule has 2 heterocycles. The van der Waals surface area contributed by atoms with E-state index in [1.807, 2.05) is 6.20 Å². The fourth-order valence-electron chi connectivity index (χ4n) is 2.39. The zero-order valence-electron chi connectivity index (χ0n) is 10.6. The quantitative estimate of drug-likeness (QED) is 0.805. The van der Waals surface area contributed by atoms with Crippen LogP contribution in [0.25, 0.3) is 0 Å². The van der Waals surface area contributed by atoms with E-state index in [4.69, 9.17) is 0 Å². The fourth-order valence-corrected chi connectivity index (χ4v) is 2.39. The lowest BCUT2D eigenvalue weighted by molar-refractivity contribution is 0.241. The fraction of sp³-hybridized carbons (Fsp3) is 0.333. The molecule has 0 amide bonds. The van der Waals surface area contributed by atoms with Crippen molar-refractivity contribution in [2.24, 2.45) is 0 Å². The summed E-state index contributed by atoms with van der Waals surface area (Å²) in [5.74, 6) is 0. The highest BCUT2D eigenvalue weighted by molar-refractivity contribution is 5.23. The molecule has 3 heteroatoms. The normalized spacial score (nSPS) is 15.4. The van der Waals surface area contributed by atoms with Crippen LogP contribution in [0.4, 0.5) is 0 Å². The molecule has 0 saturated carbocycles. The summed E-state index contributed by atoms with van der Waals surface area (Å²) in [7, 11) is 0. The van der Waals surface area contributed by atoms with Crippen molar-refractivity contribution in [3.8, 4) is 0 Å². The zero-order chi connectivity index (χ0) is 12.4. The summed E-state index contributed by atoms with van der Waals surface area (Å²) in [5, 5.41) is 0. The van der Waals surface area contributed by atoms with Gasteiger partial charge in [0.1, 0.15) is 6.33 Å². The molecule has 1 aromatic carbocycles. The van der Waals surface area contributed by atoms with Gasteiger partial charge in [-0.05, 0) is 24.5 Å². The molecule has 0 bridgehead atoms. The molecule has 1 aliphatic rings. The first-order chi connectivity index (χ1) is 8.81. The second kappa shape index (κ2) is 4.86. The van der Waals surface area contributed by atoms with Gasteiger partial charge in [-0.3, -0.25) is 4.90 Å². The van der Waals surface area contributed by atoms with E-state index in [0.29, 0.717) is 0 Å². The summed E-state index contributed by atoms with van der Waals surface area (Å²) in [6.07, 6.45) is 4.65. The number of rotatable bonds is 2. The lowest BCUT2D eigenvalue weighted by Gasteiger charge is -2.27. The minimum Gasteiger partial charge on any atom is -0.293 e. The van der Waals surface area contributed by atoms with E-state index >= 15 is 0 Å². The molecule has 1 aromatic heterocycles. The highest BCUT2D eigenvalue weighted by Crippen LogP contribution is 2.17. The van der Waals surface area contributed by atoms with Crippen LogP contribution in [-0.4, -0.2) is 21.4 Å². The van der Waals surface area contributed by atoms with Crippen LogP contribution in [0.3, 0.4) is 0 Å². The molecular weight excluding hydrogens is 222 g/mol. The Hall–Kier alpha value is -1.74. The van der Waals surface area contributed by atoms with Crippen molar-refractivity contribution in [3.05, 3.63) is 59.2 Å². The maximum Gasteiger partial charge on any atom is 0.115 e. The van der Waals surface area contributed by atoms with Crippen LogP contribution in [0.1, 0.15) is 22.4 Å². The van der Waals surface area contributed by atoms with E-state index in [1.54, 1.807) is 6.33 Å². The van der Waals surface area contributed by atoms with Gasteiger partial charge in [0.2, 0.25) is 0 Å². The Kier molecular flexibility index (Phi) is 3.07. The molecule has 0 fully saturated rings. The Balaban J connectivity index is 1.71. The van der Waals surface area contributed by atoms with Gasteiger partial charge < -0.3 is 0 Å². The number of benzene rings is 1. The van der Waals surface area contributed by atoms with Crippen LogP contribution in [0.2, 0.25) is 0 Å². The minimum absolute atomic E-state index is 0.936. The smallest absolute Gasteiger partial charge is 0.115 e. The van der Waals surface area contributed by atoms with Gasteiger partial charge in [0.25, 0.3) is 0 Å². The monoisotopic (exact) mass is 239 g/mol. The highest BCUT2D eigenvalue weighted by atomic mass is 15.1. The molecule has 0 spiro atoms. The molecule has 1 aliphatic heterocycles. The summed E-state index contributed by atoms with van der Waals surface area (Å²) in [6.45, 7) is 5.15. The molecular formula is C15H17N3. The van der Waals surface area contributed by atoms with E-state index < -0.39 is 0 Å². The van der Waals surface area contributed by atoms with Gasteiger partial charge in [0, 0.05) is 25.8 Å². The second-order valence-corrected chi connectivity index (χ2v) is 4.94. The average molecular weight is 239 g/mol. The van der Waals surface area contributed by atoms with E-state index in [-0.39, 0.29) is 0 Å². The van der Waals surface area contributed by atoms with Crippen LogP contribution in [0, 0.1) is 6.92 Å². The van der Waals surface area contributed by atoms with Gasteiger partial charge in [-0.2, -0.15) is 0 Å². The molecule has 0 unspecified atom stereocenters. The number of aromatic nitrogens is 2. The van der Waals surface area contributed by atoms with Crippen molar-refractivity contribution in [3.63, 3.8) is 0 Å². The van der Waals surface area contributed by atoms with Gasteiger partial charge in [0.05, 0.1) is 5.69 Å². The Labute approximate surface area is 108 Å². The maximum absolute atomic E-state index is 4.37. The highest BCUT2D eigenvalue weighted by Gasteiger charge is 2.17. The molecule has 0 N–H and O–H groups in total. The number of aryl methyl sites for hydroxylation is 1. The summed E-state index contributed by atoms with van der Waals surface area (Å²) in [6, 6.07) is 8.78. The van der Waals surface area contributed by atoms with Gasteiger partial charge >= 0.3 is 0 Å². The maximum atomic E-state index is 4.37. The zero-order valence-corrected chi connectivity index (χ0v) is 10.6. The van der Waals surface area contributed by atoms with Crippen LogP contribution < -0.4 is 0 Å². The predicted molar refractivity (Wildman–Crippen MR) is 71.0 cm³/mol. The van der Waals surface area contributed by atoms with Crippen molar-refractivity contribution in [2.45, 2.75) is 26.4 Å². The lowest BCUT2D eigenvalue weighted by Crippen LogP contribution is -2.30. The second-order valence-electron chi connectivity index (χ2n) is 4.94. The molecule has 18 heavy (non-hydrogen) atoms. The van der Waals surface area contributed by atoms with Crippen LogP contribution in [-0.2, 0) is 19.5 Å².